The Labute approximate surface area is 215 Å². The number of ether oxygens (including phenoxy) is 3. The molecule has 190 valence electrons. The van der Waals surface area contributed by atoms with Gasteiger partial charge in [0.15, 0.2) is 0 Å². The maximum absolute atomic E-state index is 13.2. The van der Waals surface area contributed by atoms with Gasteiger partial charge in [-0.25, -0.2) is 0 Å². The first kappa shape index (κ1) is 24.6. The molecule has 7 nitrogen and oxygen atoms in total. The number of amides is 1. The molecule has 2 aliphatic rings. The first-order valence-electron chi connectivity index (χ1n) is 12.4. The van der Waals surface area contributed by atoms with E-state index in [0.717, 1.165) is 28.9 Å². The summed E-state index contributed by atoms with van der Waals surface area (Å²) in [5.41, 5.74) is 3.31. The van der Waals surface area contributed by atoms with E-state index >= 15 is 0 Å². The second-order valence-corrected chi connectivity index (χ2v) is 9.10. The predicted octanol–water partition coefficient (Wildman–Crippen LogP) is 4.66. The molecule has 0 aliphatic carbocycles. The van der Waals surface area contributed by atoms with Gasteiger partial charge in [0.1, 0.15) is 23.9 Å². The smallest absolute Gasteiger partial charge is 0.295 e. The summed E-state index contributed by atoms with van der Waals surface area (Å²) in [6.07, 6.45) is 1.30. The molecule has 0 saturated carbocycles. The van der Waals surface area contributed by atoms with Crippen LogP contribution in [0.4, 0.5) is 0 Å². The van der Waals surface area contributed by atoms with Crippen LogP contribution in [0.1, 0.15) is 34.7 Å². The van der Waals surface area contributed by atoms with Crippen LogP contribution in [0.15, 0.2) is 78.4 Å². The third-order valence-electron chi connectivity index (χ3n) is 6.69. The molecule has 0 radical (unpaired) electrons. The van der Waals surface area contributed by atoms with Crippen LogP contribution in [0.5, 0.6) is 11.5 Å². The Morgan fingerprint density at radius 3 is 2.59 bits per heavy atom. The third-order valence-corrected chi connectivity index (χ3v) is 6.69. The molecule has 7 heteroatoms. The second-order valence-electron chi connectivity index (χ2n) is 9.10. The number of nitrogens with zero attached hydrogens (tertiary/aromatic N) is 1. The lowest BCUT2D eigenvalue weighted by Crippen LogP contribution is -2.31. The molecule has 3 aromatic rings. The van der Waals surface area contributed by atoms with Gasteiger partial charge in [-0.2, -0.15) is 0 Å². The summed E-state index contributed by atoms with van der Waals surface area (Å²) in [5.74, 6) is -0.0592. The number of carbonyl (C=O) groups excluding carboxylic acids is 2. The van der Waals surface area contributed by atoms with E-state index in [2.05, 4.69) is 0 Å². The Hall–Kier alpha value is -4.10. The largest absolute Gasteiger partial charge is 0.507 e. The minimum atomic E-state index is -0.718. The van der Waals surface area contributed by atoms with Gasteiger partial charge in [-0.05, 0) is 53.4 Å². The summed E-state index contributed by atoms with van der Waals surface area (Å²) >= 11 is 0. The highest BCUT2D eigenvalue weighted by molar-refractivity contribution is 6.46. The first-order chi connectivity index (χ1) is 18.1. The Kier molecular flexibility index (Phi) is 7.23. The van der Waals surface area contributed by atoms with Crippen LogP contribution in [-0.2, 0) is 27.4 Å². The molecule has 5 rings (SSSR count). The zero-order chi connectivity index (χ0) is 25.8. The van der Waals surface area contributed by atoms with Crippen molar-refractivity contribution in [1.82, 2.24) is 4.90 Å². The monoisotopic (exact) mass is 499 g/mol. The van der Waals surface area contributed by atoms with E-state index in [-0.39, 0.29) is 11.3 Å². The average Bonchev–Trinajstić information content (AvgIpc) is 3.50. The number of hydrogen-bond donors (Lipinski definition) is 1. The number of benzene rings is 3. The molecule has 1 N–H and O–H groups in total. The van der Waals surface area contributed by atoms with Crippen LogP contribution in [0.25, 0.3) is 5.76 Å². The molecule has 37 heavy (non-hydrogen) atoms. The summed E-state index contributed by atoms with van der Waals surface area (Å²) in [4.78, 5) is 27.8. The van der Waals surface area contributed by atoms with E-state index in [1.807, 2.05) is 60.7 Å². The first-order valence-corrected chi connectivity index (χ1v) is 12.4. The Balaban J connectivity index is 1.47. The number of fused-ring (bicyclic) bond motifs is 1. The number of likely N-dealkylation sites (tertiary alicyclic amines) is 1. The number of aliphatic hydroxyl groups is 1. The number of ketones is 1. The average molecular weight is 500 g/mol. The molecule has 1 unspecified atom stereocenters. The van der Waals surface area contributed by atoms with Crippen molar-refractivity contribution in [3.05, 3.63) is 101 Å². The van der Waals surface area contributed by atoms with E-state index in [4.69, 9.17) is 14.2 Å². The van der Waals surface area contributed by atoms with Crippen LogP contribution in [0.2, 0.25) is 0 Å². The zero-order valence-electron chi connectivity index (χ0n) is 20.7. The number of methoxy groups -OCH3 is 1. The fourth-order valence-electron chi connectivity index (χ4n) is 4.81. The van der Waals surface area contributed by atoms with E-state index in [1.54, 1.807) is 19.2 Å². The van der Waals surface area contributed by atoms with Crippen LogP contribution in [0.3, 0.4) is 0 Å². The molecule has 1 saturated heterocycles. The minimum absolute atomic E-state index is 0.0826. The van der Waals surface area contributed by atoms with Gasteiger partial charge in [0.05, 0.1) is 18.2 Å². The molecule has 0 bridgehead atoms. The summed E-state index contributed by atoms with van der Waals surface area (Å²) in [5, 5.41) is 11.3. The summed E-state index contributed by atoms with van der Waals surface area (Å²) in [6, 6.07) is 21.8. The van der Waals surface area contributed by atoms with E-state index in [0.29, 0.717) is 44.1 Å². The predicted molar refractivity (Wildman–Crippen MR) is 138 cm³/mol. The fraction of sp³-hybridized carbons (Fsp3) is 0.267. The van der Waals surface area contributed by atoms with Crippen molar-refractivity contribution in [2.45, 2.75) is 25.5 Å². The summed E-state index contributed by atoms with van der Waals surface area (Å²) < 4.78 is 16.6. The third kappa shape index (κ3) is 5.08. The number of aliphatic hydroxyl groups excluding tert-OH is 1. The molecule has 1 fully saturated rings. The summed E-state index contributed by atoms with van der Waals surface area (Å²) in [7, 11) is 1.59. The normalized spacial score (nSPS) is 18.1. The van der Waals surface area contributed by atoms with Crippen LogP contribution < -0.4 is 9.47 Å². The van der Waals surface area contributed by atoms with Gasteiger partial charge in [-0.1, -0.05) is 42.5 Å². The van der Waals surface area contributed by atoms with Gasteiger partial charge in [0, 0.05) is 32.2 Å². The van der Waals surface area contributed by atoms with Crippen molar-refractivity contribution >= 4 is 17.4 Å². The Morgan fingerprint density at radius 1 is 1.05 bits per heavy atom. The lowest BCUT2D eigenvalue weighted by molar-refractivity contribution is -0.140. The Bertz CT molecular complexity index is 1320. The van der Waals surface area contributed by atoms with Gasteiger partial charge in [0.25, 0.3) is 11.7 Å². The maximum atomic E-state index is 13.2. The van der Waals surface area contributed by atoms with Gasteiger partial charge in [-0.3, -0.25) is 9.59 Å². The van der Waals surface area contributed by atoms with E-state index in [1.165, 1.54) is 4.90 Å². The van der Waals surface area contributed by atoms with Crippen molar-refractivity contribution in [3.8, 4) is 11.5 Å². The van der Waals surface area contributed by atoms with Gasteiger partial charge in [0.2, 0.25) is 0 Å². The number of Topliss-reactive ketones (excluding diaryl/α,β-unsaturated/α-hetero) is 1. The van der Waals surface area contributed by atoms with Crippen molar-refractivity contribution in [2.24, 2.45) is 0 Å². The van der Waals surface area contributed by atoms with Gasteiger partial charge >= 0.3 is 0 Å². The highest BCUT2D eigenvalue weighted by Gasteiger charge is 2.45. The topological polar surface area (TPSA) is 85.3 Å². The van der Waals surface area contributed by atoms with E-state index < -0.39 is 17.7 Å². The van der Waals surface area contributed by atoms with Crippen LogP contribution >= 0.6 is 0 Å². The minimum Gasteiger partial charge on any atom is -0.507 e. The standard InChI is InChI=1S/C30H29NO6/c1-35-16-5-15-31-27(21-8-11-24(12-9-21)37-19-20-6-3-2-4-7-20)26(29(33)30(31)34)28(32)23-10-13-25-22(18-23)14-17-36-25/h2-4,6-13,18,27,32H,5,14-17,19H2,1H3/b28-26-. The SMILES string of the molecule is COCCCN1C(=O)C(=O)/C(=C(\O)c2ccc3c(c2)CCO3)C1c1ccc(OCc2ccccc2)cc1. The molecule has 2 heterocycles. The second kappa shape index (κ2) is 10.9. The van der Waals surface area contributed by atoms with Gasteiger partial charge in [-0.15, -0.1) is 0 Å². The van der Waals surface area contributed by atoms with Crippen molar-refractivity contribution in [1.29, 1.82) is 0 Å². The fourth-order valence-corrected chi connectivity index (χ4v) is 4.81. The van der Waals surface area contributed by atoms with Crippen LogP contribution in [-0.4, -0.2) is 48.6 Å². The number of rotatable bonds is 9. The molecular formula is C30H29NO6. The van der Waals surface area contributed by atoms with Crippen molar-refractivity contribution in [3.63, 3.8) is 0 Å². The van der Waals surface area contributed by atoms with Crippen LogP contribution in [0, 0.1) is 0 Å². The maximum Gasteiger partial charge on any atom is 0.295 e. The quantitative estimate of drug-likeness (QED) is 0.200. The van der Waals surface area contributed by atoms with E-state index in [9.17, 15) is 14.7 Å². The lowest BCUT2D eigenvalue weighted by atomic mass is 9.94. The zero-order valence-corrected chi connectivity index (χ0v) is 20.7. The highest BCUT2D eigenvalue weighted by Crippen LogP contribution is 2.40. The molecule has 1 atom stereocenters. The van der Waals surface area contributed by atoms with Crippen molar-refractivity contribution < 1.29 is 28.9 Å². The molecule has 0 spiro atoms. The van der Waals surface area contributed by atoms with Crippen molar-refractivity contribution in [2.75, 3.05) is 26.9 Å². The van der Waals surface area contributed by atoms with Gasteiger partial charge < -0.3 is 24.2 Å². The number of hydrogen-bond acceptors (Lipinski definition) is 6. The number of carbonyl (C=O) groups is 2. The summed E-state index contributed by atoms with van der Waals surface area (Å²) in [6.45, 7) is 1.79. The molecule has 0 aromatic heterocycles. The molecule has 2 aliphatic heterocycles. The highest BCUT2D eigenvalue weighted by atomic mass is 16.5. The molecular weight excluding hydrogens is 470 g/mol. The molecule has 3 aromatic carbocycles. The lowest BCUT2D eigenvalue weighted by Gasteiger charge is -2.25. The molecule has 1 amide bonds. The Morgan fingerprint density at radius 2 is 1.84 bits per heavy atom.